The lowest BCUT2D eigenvalue weighted by Crippen LogP contribution is -1.91. The zero-order chi connectivity index (χ0) is 8.27. The van der Waals surface area contributed by atoms with E-state index in [1.54, 1.807) is 11.4 Å². The van der Waals surface area contributed by atoms with Crippen LogP contribution < -0.4 is 0 Å². The van der Waals surface area contributed by atoms with E-state index in [2.05, 4.69) is 6.92 Å². The van der Waals surface area contributed by atoms with Gasteiger partial charge in [-0.2, -0.15) is 0 Å². The number of hydrogen-bond acceptors (Lipinski definition) is 2. The van der Waals surface area contributed by atoms with Crippen LogP contribution in [0.15, 0.2) is 11.4 Å². The minimum Gasteiger partial charge on any atom is -0.478 e. The van der Waals surface area contributed by atoms with Crippen LogP contribution >= 0.6 is 11.3 Å². The summed E-state index contributed by atoms with van der Waals surface area (Å²) in [6, 6.07) is 1.75. The summed E-state index contributed by atoms with van der Waals surface area (Å²) in [6.45, 7) is 2.08. The quantitative estimate of drug-likeness (QED) is 0.756. The molecule has 0 unspecified atom stereocenters. The van der Waals surface area contributed by atoms with Crippen LogP contribution in [-0.2, 0) is 6.42 Å². The van der Waals surface area contributed by atoms with Crippen molar-refractivity contribution in [2.45, 2.75) is 19.8 Å². The maximum atomic E-state index is 10.4. The highest BCUT2D eigenvalue weighted by atomic mass is 32.1. The molecule has 1 aromatic rings. The Morgan fingerprint density at radius 3 is 2.91 bits per heavy atom. The standard InChI is InChI=1S/C8H10O2S/c1-2-3-7-4-6(5-11-7)8(9)10/h4-5H,2-3H2,1H3,(H,9,10). The van der Waals surface area contributed by atoms with Gasteiger partial charge in [0.15, 0.2) is 0 Å². The van der Waals surface area contributed by atoms with E-state index in [4.69, 9.17) is 5.11 Å². The topological polar surface area (TPSA) is 37.3 Å². The molecule has 0 bridgehead atoms. The fraction of sp³-hybridized carbons (Fsp3) is 0.375. The second kappa shape index (κ2) is 3.53. The van der Waals surface area contributed by atoms with Gasteiger partial charge in [0.2, 0.25) is 0 Å². The molecule has 2 nitrogen and oxygen atoms in total. The Hall–Kier alpha value is -0.830. The van der Waals surface area contributed by atoms with Gasteiger partial charge in [-0.15, -0.1) is 11.3 Å². The average molecular weight is 170 g/mol. The number of thiophene rings is 1. The lowest BCUT2D eigenvalue weighted by molar-refractivity contribution is 0.0697. The molecule has 0 aliphatic rings. The molecule has 1 heterocycles. The smallest absolute Gasteiger partial charge is 0.336 e. The maximum absolute atomic E-state index is 10.4. The molecule has 0 aromatic carbocycles. The van der Waals surface area contributed by atoms with Gasteiger partial charge >= 0.3 is 5.97 Å². The van der Waals surface area contributed by atoms with E-state index in [1.807, 2.05) is 0 Å². The summed E-state index contributed by atoms with van der Waals surface area (Å²) in [6.07, 6.45) is 2.05. The van der Waals surface area contributed by atoms with Crippen molar-refractivity contribution in [1.29, 1.82) is 0 Å². The number of aromatic carboxylic acids is 1. The molecule has 3 heteroatoms. The molecule has 0 amide bonds. The SMILES string of the molecule is CCCc1cc(C(=O)O)cs1. The van der Waals surface area contributed by atoms with Crippen LogP contribution in [0, 0.1) is 0 Å². The molecule has 1 aromatic heterocycles. The molecular weight excluding hydrogens is 160 g/mol. The van der Waals surface area contributed by atoms with E-state index in [1.165, 1.54) is 11.3 Å². The van der Waals surface area contributed by atoms with Crippen molar-refractivity contribution >= 4 is 17.3 Å². The third-order valence-corrected chi connectivity index (χ3v) is 2.39. The van der Waals surface area contributed by atoms with Crippen molar-refractivity contribution in [3.05, 3.63) is 21.9 Å². The molecule has 0 radical (unpaired) electrons. The Labute approximate surface area is 69.5 Å². The number of aryl methyl sites for hydroxylation is 1. The predicted octanol–water partition coefficient (Wildman–Crippen LogP) is 2.40. The van der Waals surface area contributed by atoms with Crippen molar-refractivity contribution in [3.63, 3.8) is 0 Å². The third-order valence-electron chi connectivity index (χ3n) is 1.40. The highest BCUT2D eigenvalue weighted by Crippen LogP contribution is 2.15. The van der Waals surface area contributed by atoms with E-state index in [9.17, 15) is 4.79 Å². The molecule has 0 saturated heterocycles. The molecule has 0 fully saturated rings. The van der Waals surface area contributed by atoms with Gasteiger partial charge in [0.25, 0.3) is 0 Å². The van der Waals surface area contributed by atoms with Gasteiger partial charge in [-0.1, -0.05) is 13.3 Å². The summed E-state index contributed by atoms with van der Waals surface area (Å²) in [7, 11) is 0. The molecule has 0 saturated carbocycles. The Morgan fingerprint density at radius 2 is 2.45 bits per heavy atom. The predicted molar refractivity (Wildman–Crippen MR) is 45.3 cm³/mol. The van der Waals surface area contributed by atoms with Crippen LogP contribution in [0.4, 0.5) is 0 Å². The lowest BCUT2D eigenvalue weighted by Gasteiger charge is -1.87. The third kappa shape index (κ3) is 2.05. The van der Waals surface area contributed by atoms with Crippen LogP contribution in [0.2, 0.25) is 0 Å². The fourth-order valence-corrected chi connectivity index (χ4v) is 1.83. The number of rotatable bonds is 3. The molecule has 1 rings (SSSR count). The Balaban J connectivity index is 2.73. The first-order valence-corrected chi connectivity index (χ1v) is 4.42. The first-order chi connectivity index (χ1) is 5.24. The maximum Gasteiger partial charge on any atom is 0.336 e. The first-order valence-electron chi connectivity index (χ1n) is 3.54. The first kappa shape index (κ1) is 8.27. The van der Waals surface area contributed by atoms with E-state index < -0.39 is 5.97 Å². The molecule has 0 aliphatic carbocycles. The molecule has 0 spiro atoms. The fourth-order valence-electron chi connectivity index (χ4n) is 0.870. The van der Waals surface area contributed by atoms with E-state index in [0.717, 1.165) is 17.7 Å². The highest BCUT2D eigenvalue weighted by Gasteiger charge is 2.04. The van der Waals surface area contributed by atoms with Gasteiger partial charge in [-0.25, -0.2) is 4.79 Å². The monoisotopic (exact) mass is 170 g/mol. The summed E-state index contributed by atoms with van der Waals surface area (Å²) in [5.41, 5.74) is 0.415. The number of carboxylic acids is 1. The lowest BCUT2D eigenvalue weighted by atomic mass is 10.2. The largest absolute Gasteiger partial charge is 0.478 e. The summed E-state index contributed by atoms with van der Waals surface area (Å²) in [4.78, 5) is 11.6. The minimum atomic E-state index is -0.830. The van der Waals surface area contributed by atoms with Crippen LogP contribution in [0.3, 0.4) is 0 Å². The minimum absolute atomic E-state index is 0.415. The summed E-state index contributed by atoms with van der Waals surface area (Å²) < 4.78 is 0. The van der Waals surface area contributed by atoms with Crippen molar-refractivity contribution in [2.75, 3.05) is 0 Å². The molecule has 1 N–H and O–H groups in total. The Morgan fingerprint density at radius 1 is 1.73 bits per heavy atom. The van der Waals surface area contributed by atoms with Gasteiger partial charge in [-0.05, 0) is 12.5 Å². The van der Waals surface area contributed by atoms with Gasteiger partial charge in [0, 0.05) is 10.3 Å². The summed E-state index contributed by atoms with van der Waals surface area (Å²) >= 11 is 1.52. The summed E-state index contributed by atoms with van der Waals surface area (Å²) in [5, 5.41) is 10.3. The van der Waals surface area contributed by atoms with Crippen molar-refractivity contribution in [3.8, 4) is 0 Å². The highest BCUT2D eigenvalue weighted by molar-refractivity contribution is 7.10. The van der Waals surface area contributed by atoms with Crippen molar-refractivity contribution < 1.29 is 9.90 Å². The molecule has 60 valence electrons. The van der Waals surface area contributed by atoms with E-state index >= 15 is 0 Å². The van der Waals surface area contributed by atoms with Crippen molar-refractivity contribution in [2.24, 2.45) is 0 Å². The van der Waals surface area contributed by atoms with Gasteiger partial charge < -0.3 is 5.11 Å². The number of carboxylic acid groups (broad SMARTS) is 1. The Bertz CT molecular complexity index is 252. The van der Waals surface area contributed by atoms with Gasteiger partial charge in [0.1, 0.15) is 0 Å². The van der Waals surface area contributed by atoms with Crippen LogP contribution in [0.5, 0.6) is 0 Å². The Kier molecular flexibility index (Phi) is 2.65. The second-order valence-electron chi connectivity index (χ2n) is 2.36. The van der Waals surface area contributed by atoms with E-state index in [-0.39, 0.29) is 0 Å². The molecular formula is C8H10O2S. The zero-order valence-electron chi connectivity index (χ0n) is 6.33. The normalized spacial score (nSPS) is 9.91. The molecule has 0 atom stereocenters. The molecule has 0 aliphatic heterocycles. The second-order valence-corrected chi connectivity index (χ2v) is 3.35. The summed E-state index contributed by atoms with van der Waals surface area (Å²) in [5.74, 6) is -0.830. The van der Waals surface area contributed by atoms with E-state index in [0.29, 0.717) is 5.56 Å². The van der Waals surface area contributed by atoms with Crippen LogP contribution in [-0.4, -0.2) is 11.1 Å². The molecule has 11 heavy (non-hydrogen) atoms. The van der Waals surface area contributed by atoms with Gasteiger partial charge in [-0.3, -0.25) is 0 Å². The van der Waals surface area contributed by atoms with Crippen LogP contribution in [0.25, 0.3) is 0 Å². The van der Waals surface area contributed by atoms with Crippen molar-refractivity contribution in [1.82, 2.24) is 0 Å². The number of hydrogen-bond donors (Lipinski definition) is 1. The van der Waals surface area contributed by atoms with Gasteiger partial charge in [0.05, 0.1) is 5.56 Å². The number of carbonyl (C=O) groups is 1. The average Bonchev–Trinajstić information content (AvgIpc) is 2.37. The van der Waals surface area contributed by atoms with Crippen LogP contribution in [0.1, 0.15) is 28.6 Å². The zero-order valence-corrected chi connectivity index (χ0v) is 7.15.